The molecule has 29 heavy (non-hydrogen) atoms. The number of amides is 1. The highest BCUT2D eigenvalue weighted by Crippen LogP contribution is 2.29. The molecule has 1 unspecified atom stereocenters. The minimum Gasteiger partial charge on any atom is -0.497 e. The zero-order valence-corrected chi connectivity index (χ0v) is 17.0. The fraction of sp³-hybridized carbons (Fsp3) is 0.304. The molecule has 1 heterocycles. The Morgan fingerprint density at radius 1 is 1.14 bits per heavy atom. The van der Waals surface area contributed by atoms with E-state index in [2.05, 4.69) is 10.3 Å². The van der Waals surface area contributed by atoms with Crippen LogP contribution in [0.25, 0.3) is 11.3 Å². The molecule has 0 radical (unpaired) electrons. The van der Waals surface area contributed by atoms with Crippen molar-refractivity contribution >= 4 is 5.91 Å². The summed E-state index contributed by atoms with van der Waals surface area (Å²) in [7, 11) is 3.21. The van der Waals surface area contributed by atoms with Gasteiger partial charge in [-0.1, -0.05) is 30.3 Å². The number of oxazole rings is 1. The van der Waals surface area contributed by atoms with E-state index in [1.165, 1.54) is 0 Å². The first-order valence-electron chi connectivity index (χ1n) is 9.62. The average Bonchev–Trinajstić information content (AvgIpc) is 3.22. The summed E-state index contributed by atoms with van der Waals surface area (Å²) in [6, 6.07) is 15.2. The lowest BCUT2D eigenvalue weighted by Gasteiger charge is -2.18. The number of carbonyl (C=O) groups is 1. The first kappa shape index (κ1) is 20.5. The second kappa shape index (κ2) is 9.78. The van der Waals surface area contributed by atoms with Gasteiger partial charge in [0.1, 0.15) is 11.5 Å². The standard InChI is InChI=1S/C23H26N2O4/c1-16(19-13-12-18(27-2)14-20(19)28-3)25-22(26)10-7-11-23-24-15-21(29-23)17-8-5-4-6-9-17/h4-6,8-9,12-16H,7,10-11H2,1-3H3,(H,25,26). The Labute approximate surface area is 170 Å². The highest BCUT2D eigenvalue weighted by Gasteiger charge is 2.15. The largest absolute Gasteiger partial charge is 0.497 e. The lowest BCUT2D eigenvalue weighted by atomic mass is 10.1. The smallest absolute Gasteiger partial charge is 0.220 e. The summed E-state index contributed by atoms with van der Waals surface area (Å²) in [5.74, 6) is 2.76. The first-order chi connectivity index (χ1) is 14.1. The summed E-state index contributed by atoms with van der Waals surface area (Å²) in [6.07, 6.45) is 3.39. The van der Waals surface area contributed by atoms with Crippen molar-refractivity contribution in [1.82, 2.24) is 10.3 Å². The lowest BCUT2D eigenvalue weighted by Crippen LogP contribution is -2.26. The highest BCUT2D eigenvalue weighted by molar-refractivity contribution is 5.76. The van der Waals surface area contributed by atoms with Crippen LogP contribution >= 0.6 is 0 Å². The van der Waals surface area contributed by atoms with E-state index >= 15 is 0 Å². The number of methoxy groups -OCH3 is 2. The van der Waals surface area contributed by atoms with Gasteiger partial charge in [-0.25, -0.2) is 4.98 Å². The summed E-state index contributed by atoms with van der Waals surface area (Å²) in [5.41, 5.74) is 1.90. The van der Waals surface area contributed by atoms with Gasteiger partial charge in [-0.15, -0.1) is 0 Å². The molecule has 6 nitrogen and oxygen atoms in total. The van der Waals surface area contributed by atoms with Crippen LogP contribution in [0.2, 0.25) is 0 Å². The Morgan fingerprint density at radius 2 is 1.93 bits per heavy atom. The predicted octanol–water partition coefficient (Wildman–Crippen LogP) is 4.56. The van der Waals surface area contributed by atoms with E-state index in [1.807, 2.05) is 55.5 Å². The van der Waals surface area contributed by atoms with E-state index in [0.717, 1.165) is 16.9 Å². The summed E-state index contributed by atoms with van der Waals surface area (Å²) < 4.78 is 16.4. The molecule has 152 valence electrons. The van der Waals surface area contributed by atoms with E-state index in [4.69, 9.17) is 13.9 Å². The number of aromatic nitrogens is 1. The van der Waals surface area contributed by atoms with Crippen LogP contribution in [0.5, 0.6) is 11.5 Å². The van der Waals surface area contributed by atoms with Gasteiger partial charge in [-0.05, 0) is 25.5 Å². The molecule has 0 fully saturated rings. The molecule has 1 aromatic heterocycles. The molecule has 0 saturated heterocycles. The van der Waals surface area contributed by atoms with Crippen molar-refractivity contribution < 1.29 is 18.7 Å². The van der Waals surface area contributed by atoms with Gasteiger partial charge in [0.25, 0.3) is 0 Å². The normalized spacial score (nSPS) is 11.7. The number of nitrogens with one attached hydrogen (secondary N) is 1. The van der Waals surface area contributed by atoms with Crippen molar-refractivity contribution in [2.24, 2.45) is 0 Å². The maximum Gasteiger partial charge on any atom is 0.220 e. The molecule has 2 aromatic carbocycles. The molecular weight excluding hydrogens is 368 g/mol. The van der Waals surface area contributed by atoms with Crippen molar-refractivity contribution in [2.45, 2.75) is 32.2 Å². The van der Waals surface area contributed by atoms with Gasteiger partial charge in [0.2, 0.25) is 5.91 Å². The van der Waals surface area contributed by atoms with Crippen molar-refractivity contribution in [3.05, 3.63) is 66.2 Å². The van der Waals surface area contributed by atoms with Gasteiger partial charge in [0, 0.05) is 30.0 Å². The van der Waals surface area contributed by atoms with E-state index in [0.29, 0.717) is 36.7 Å². The first-order valence-corrected chi connectivity index (χ1v) is 9.62. The van der Waals surface area contributed by atoms with E-state index in [-0.39, 0.29) is 11.9 Å². The van der Waals surface area contributed by atoms with Crippen LogP contribution < -0.4 is 14.8 Å². The molecular formula is C23H26N2O4. The molecule has 3 rings (SSSR count). The molecule has 0 aliphatic heterocycles. The van der Waals surface area contributed by atoms with Gasteiger partial charge in [0.05, 0.1) is 26.5 Å². The predicted molar refractivity (Wildman–Crippen MR) is 111 cm³/mol. The maximum absolute atomic E-state index is 12.3. The Hall–Kier alpha value is -3.28. The minimum atomic E-state index is -0.172. The van der Waals surface area contributed by atoms with Gasteiger partial charge < -0.3 is 19.2 Å². The zero-order chi connectivity index (χ0) is 20.6. The van der Waals surface area contributed by atoms with Crippen molar-refractivity contribution in [2.75, 3.05) is 14.2 Å². The number of ether oxygens (including phenoxy) is 2. The molecule has 0 aliphatic rings. The molecule has 0 saturated carbocycles. The quantitative estimate of drug-likeness (QED) is 0.576. The molecule has 0 aliphatic carbocycles. The third kappa shape index (κ3) is 5.38. The van der Waals surface area contributed by atoms with Crippen LogP contribution in [0.1, 0.15) is 37.3 Å². The minimum absolute atomic E-state index is 0.0230. The number of aryl methyl sites for hydroxylation is 1. The second-order valence-electron chi connectivity index (χ2n) is 6.73. The van der Waals surface area contributed by atoms with Gasteiger partial charge >= 0.3 is 0 Å². The highest BCUT2D eigenvalue weighted by atomic mass is 16.5. The topological polar surface area (TPSA) is 73.6 Å². The molecule has 6 heteroatoms. The van der Waals surface area contributed by atoms with Crippen LogP contribution in [-0.4, -0.2) is 25.1 Å². The van der Waals surface area contributed by atoms with E-state index < -0.39 is 0 Å². The third-order valence-electron chi connectivity index (χ3n) is 4.69. The SMILES string of the molecule is COc1ccc(C(C)NC(=O)CCCc2ncc(-c3ccccc3)o2)c(OC)c1. The number of carbonyl (C=O) groups excluding carboxylic acids is 1. The zero-order valence-electron chi connectivity index (χ0n) is 17.0. The summed E-state index contributed by atoms with van der Waals surface area (Å²) in [5, 5.41) is 3.01. The lowest BCUT2D eigenvalue weighted by molar-refractivity contribution is -0.121. The Bertz CT molecular complexity index is 937. The molecule has 3 aromatic rings. The Balaban J connectivity index is 1.50. The summed E-state index contributed by atoms with van der Waals surface area (Å²) in [6.45, 7) is 1.93. The molecule has 1 amide bonds. The van der Waals surface area contributed by atoms with E-state index in [9.17, 15) is 4.79 Å². The second-order valence-corrected chi connectivity index (χ2v) is 6.73. The van der Waals surface area contributed by atoms with Crippen molar-refractivity contribution in [3.8, 4) is 22.8 Å². The fourth-order valence-corrected chi connectivity index (χ4v) is 3.13. The number of rotatable bonds is 9. The maximum atomic E-state index is 12.3. The number of hydrogen-bond donors (Lipinski definition) is 1. The molecule has 0 spiro atoms. The number of hydrogen-bond acceptors (Lipinski definition) is 5. The number of nitrogens with zero attached hydrogens (tertiary/aromatic N) is 1. The van der Waals surface area contributed by atoms with Gasteiger partial charge in [-0.2, -0.15) is 0 Å². The van der Waals surface area contributed by atoms with Gasteiger partial charge in [-0.3, -0.25) is 4.79 Å². The summed E-state index contributed by atoms with van der Waals surface area (Å²) in [4.78, 5) is 16.6. The fourth-order valence-electron chi connectivity index (χ4n) is 3.13. The van der Waals surface area contributed by atoms with Crippen LogP contribution in [-0.2, 0) is 11.2 Å². The average molecular weight is 394 g/mol. The van der Waals surface area contributed by atoms with Crippen molar-refractivity contribution in [1.29, 1.82) is 0 Å². The van der Waals surface area contributed by atoms with Crippen LogP contribution in [0.15, 0.2) is 59.1 Å². The van der Waals surface area contributed by atoms with Crippen LogP contribution in [0.4, 0.5) is 0 Å². The number of benzene rings is 2. The Morgan fingerprint density at radius 3 is 2.66 bits per heavy atom. The monoisotopic (exact) mass is 394 g/mol. The molecule has 1 N–H and O–H groups in total. The van der Waals surface area contributed by atoms with Gasteiger partial charge in [0.15, 0.2) is 11.7 Å². The van der Waals surface area contributed by atoms with Crippen LogP contribution in [0.3, 0.4) is 0 Å². The Kier molecular flexibility index (Phi) is 6.89. The third-order valence-corrected chi connectivity index (χ3v) is 4.69. The molecule has 1 atom stereocenters. The van der Waals surface area contributed by atoms with Crippen molar-refractivity contribution in [3.63, 3.8) is 0 Å². The van der Waals surface area contributed by atoms with E-state index in [1.54, 1.807) is 20.4 Å². The van der Waals surface area contributed by atoms with Crippen LogP contribution in [0, 0.1) is 0 Å². The molecule has 0 bridgehead atoms. The summed E-state index contributed by atoms with van der Waals surface area (Å²) >= 11 is 0.